The Morgan fingerprint density at radius 2 is 0.891 bits per heavy atom. The summed E-state index contributed by atoms with van der Waals surface area (Å²) in [6.07, 6.45) is 29.4. The van der Waals surface area contributed by atoms with Gasteiger partial charge in [0, 0.05) is 140 Å². The second-order valence-electron chi connectivity index (χ2n) is 45.2. The molecular weight excluding hydrogens is 1580 g/mol. The number of likely N-dealkylation sites (tertiary alicyclic amines) is 1. The summed E-state index contributed by atoms with van der Waals surface area (Å²) in [5, 5.41) is 0. The van der Waals surface area contributed by atoms with Crippen LogP contribution in [0.25, 0.3) is 45.3 Å². The first kappa shape index (κ1) is 108. The quantitative estimate of drug-likeness (QED) is 0.113. The molecule has 1 saturated carbocycles. The summed E-state index contributed by atoms with van der Waals surface area (Å²) < 4.78 is 4.15. The Kier molecular flexibility index (Phi) is 39.2. The standard InChI is InChI=1S/C15H20N2.2C14H18N2.C13H16N2.C11H21NO.C10H18O.C10H14O.2C8H14N2.C8H13N/c1-11-10-16-14(17(11)5)12-6-8-13(9-7-12)15(2,3)4;1-14(2,3)12-7-5-11(6-8-12)13-9-15-10-16(13)4;1-10-9-15-13(16-10)11-5-7-12(8-6-11)14(2,3)4;1-13(2,3)11-6-4-10(5-7-11)12-8-14-9-15-12;1-9(13)12-7-5-10(6-8-12)11(2,3)4;2*1-10(2,3)8-5-4-6-9(11)7-8;2*1-6-9-5-7(10-6)8(2,3)4;1-8(2,3)7-5-4-6-9-7/h6-10H,1-5H3;5-10H,1-4H3;5-9H,1-4H3,(H,15,16);4-9H,1-3H3,(H,14,15);10H,5-8H2,1-4H3;8H,4-7H2,1-3H3;4-5,7H,6H2,1-3H3;2*5H,1-4H3,(H,9,10);4-6,9H,1-3H3. The number of rotatable bonds is 4. The number of nitrogens with one attached hydrogen (secondary N) is 5. The van der Waals surface area contributed by atoms with E-state index in [1.807, 2.05) is 105 Å². The topological polar surface area (TPSA) is 221 Å². The van der Waals surface area contributed by atoms with E-state index in [9.17, 15) is 14.4 Å². The molecule has 2 fully saturated rings. The maximum absolute atomic E-state index is 11.1. The second-order valence-corrected chi connectivity index (χ2v) is 45.2. The summed E-state index contributed by atoms with van der Waals surface area (Å²) in [5.74, 6) is 6.28. The van der Waals surface area contributed by atoms with E-state index in [1.165, 1.54) is 81.0 Å². The zero-order valence-corrected chi connectivity index (χ0v) is 86.1. The monoisotopic (exact) mass is 1740 g/mol. The van der Waals surface area contributed by atoms with E-state index < -0.39 is 0 Å². The van der Waals surface area contributed by atoms with Crippen LogP contribution >= 0.6 is 0 Å². The molecule has 0 radical (unpaired) electrons. The lowest BCUT2D eigenvalue weighted by Crippen LogP contribution is -2.40. The highest BCUT2D eigenvalue weighted by atomic mass is 16.2. The molecule has 17 nitrogen and oxygen atoms in total. The maximum Gasteiger partial charge on any atom is 0.219 e. The predicted molar refractivity (Wildman–Crippen MR) is 540 cm³/mol. The van der Waals surface area contributed by atoms with Crippen molar-refractivity contribution in [2.75, 3.05) is 13.1 Å². The molecule has 11 aromatic rings. The number of ketones is 2. The summed E-state index contributed by atoms with van der Waals surface area (Å²) in [4.78, 5) is 76.2. The highest BCUT2D eigenvalue weighted by Gasteiger charge is 2.31. The van der Waals surface area contributed by atoms with Gasteiger partial charge in [-0.3, -0.25) is 14.4 Å². The molecule has 1 aliphatic heterocycles. The third-order valence-corrected chi connectivity index (χ3v) is 23.5. The number of aromatic nitrogens is 13. The molecule has 128 heavy (non-hydrogen) atoms. The Bertz CT molecular complexity index is 5110. The number of aromatic amines is 5. The lowest BCUT2D eigenvalue weighted by atomic mass is 9.72. The second kappa shape index (κ2) is 46.3. The van der Waals surface area contributed by atoms with Crippen LogP contribution in [-0.2, 0) is 66.4 Å². The molecule has 698 valence electrons. The Morgan fingerprint density at radius 3 is 1.19 bits per heavy atom. The molecule has 8 heterocycles. The largest absolute Gasteiger partial charge is 0.365 e. The molecule has 2 aliphatic carbocycles. The third-order valence-electron chi connectivity index (χ3n) is 23.5. The zero-order valence-electron chi connectivity index (χ0n) is 86.1. The van der Waals surface area contributed by atoms with Gasteiger partial charge in [0.25, 0.3) is 0 Å². The molecule has 1 saturated heterocycles. The normalized spacial score (nSPS) is 14.6. The van der Waals surface area contributed by atoms with Gasteiger partial charge in [0.2, 0.25) is 5.91 Å². The van der Waals surface area contributed by atoms with Gasteiger partial charge in [-0.2, -0.15) is 0 Å². The summed E-state index contributed by atoms with van der Waals surface area (Å²) in [6.45, 7) is 77.8. The summed E-state index contributed by atoms with van der Waals surface area (Å²) in [6, 6.07) is 38.8. The van der Waals surface area contributed by atoms with Crippen LogP contribution in [-0.4, -0.2) is 99.4 Å². The summed E-state index contributed by atoms with van der Waals surface area (Å²) >= 11 is 0. The Morgan fingerprint density at radius 1 is 0.438 bits per heavy atom. The molecule has 7 aromatic heterocycles. The fourth-order valence-electron chi connectivity index (χ4n) is 14.2. The number of H-pyrrole nitrogens is 5. The summed E-state index contributed by atoms with van der Waals surface area (Å²) in [7, 11) is 4.06. The van der Waals surface area contributed by atoms with Gasteiger partial charge >= 0.3 is 0 Å². The van der Waals surface area contributed by atoms with Crippen LogP contribution in [0.5, 0.6) is 0 Å². The van der Waals surface area contributed by atoms with Crippen molar-refractivity contribution < 1.29 is 14.4 Å². The highest BCUT2D eigenvalue weighted by Crippen LogP contribution is 2.38. The highest BCUT2D eigenvalue weighted by molar-refractivity contribution is 5.93. The van der Waals surface area contributed by atoms with Crippen molar-refractivity contribution in [1.82, 2.24) is 68.9 Å². The van der Waals surface area contributed by atoms with E-state index in [4.69, 9.17) is 0 Å². The van der Waals surface area contributed by atoms with E-state index in [1.54, 1.807) is 19.3 Å². The van der Waals surface area contributed by atoms with E-state index in [-0.39, 0.29) is 55.0 Å². The number of hydrogen-bond acceptors (Lipinski definition) is 9. The van der Waals surface area contributed by atoms with Crippen LogP contribution in [0.3, 0.4) is 0 Å². The number of Topliss-reactive ketones (excluding diaryl/α,β-unsaturated/α-hetero) is 1. The van der Waals surface area contributed by atoms with Crippen molar-refractivity contribution in [1.29, 1.82) is 0 Å². The maximum atomic E-state index is 11.1. The van der Waals surface area contributed by atoms with E-state index in [0.717, 1.165) is 89.8 Å². The Labute approximate surface area is 773 Å². The Balaban J connectivity index is 0.000000254. The van der Waals surface area contributed by atoms with Gasteiger partial charge in [0.05, 0.1) is 36.4 Å². The van der Waals surface area contributed by atoms with Gasteiger partial charge in [-0.15, -0.1) is 0 Å². The number of piperidine rings is 1. The van der Waals surface area contributed by atoms with E-state index >= 15 is 0 Å². The van der Waals surface area contributed by atoms with E-state index in [0.29, 0.717) is 29.0 Å². The van der Waals surface area contributed by atoms with Crippen LogP contribution in [0, 0.1) is 55.8 Å². The number of amides is 1. The predicted octanol–water partition coefficient (Wildman–Crippen LogP) is 28.0. The number of aryl methyl sites for hydroxylation is 5. The Hall–Kier alpha value is -10.3. The number of benzene rings is 4. The lowest BCUT2D eigenvalue weighted by molar-refractivity contribution is -0.130. The molecular formula is C111H166N14O3. The lowest BCUT2D eigenvalue weighted by Gasteiger charge is -2.38. The molecule has 17 heteroatoms. The molecule has 14 rings (SSSR count). The van der Waals surface area contributed by atoms with Crippen molar-refractivity contribution in [3.05, 3.63) is 251 Å². The minimum atomic E-state index is 0.104. The van der Waals surface area contributed by atoms with Gasteiger partial charge < -0.3 is 39.0 Å². The van der Waals surface area contributed by atoms with Gasteiger partial charge in [-0.1, -0.05) is 317 Å². The van der Waals surface area contributed by atoms with E-state index in [2.05, 4.69) is 384 Å². The first-order valence-corrected chi connectivity index (χ1v) is 46.2. The molecule has 1 atom stereocenters. The first-order chi connectivity index (χ1) is 58.9. The van der Waals surface area contributed by atoms with Gasteiger partial charge in [-0.25, -0.2) is 29.9 Å². The van der Waals surface area contributed by atoms with Crippen LogP contribution in [0.15, 0.2) is 189 Å². The van der Waals surface area contributed by atoms with Crippen molar-refractivity contribution >= 4 is 17.5 Å². The first-order valence-electron chi connectivity index (χ1n) is 46.2. The SMILES string of the molecule is CC(=O)N1CCC(C(C)(C)C)CC1.CC(C)(C)C1=CC(=O)CC=C1.CC(C)(C)C1CCCC(=O)C1.CC(C)(C)c1ccc(-c2cnc[nH]2)cc1.CC(C)(C)c1ccc[nH]1.Cc1cnc(-c2ccc(C(C)(C)C)cc2)[nH]1.Cc1cnc(-c2ccc(C(C)(C)C)cc2)n1C.Cc1ncc(C(C)(C)C)[nH]1.Cc1ncc(C(C)(C)C)[nH]1.Cn1cncc1-c1ccc(C(C)(C)C)cc1. The summed E-state index contributed by atoms with van der Waals surface area (Å²) in [5.41, 5.74) is 21.8. The minimum Gasteiger partial charge on any atom is -0.365 e. The number of carbonyl (C=O) groups excluding carboxylic acids is 3. The van der Waals surface area contributed by atoms with Crippen LogP contribution < -0.4 is 0 Å². The van der Waals surface area contributed by atoms with Crippen LogP contribution in [0.1, 0.15) is 322 Å². The molecule has 1 amide bonds. The molecule has 4 aromatic carbocycles. The zero-order chi connectivity index (χ0) is 96.5. The van der Waals surface area contributed by atoms with Gasteiger partial charge in [-0.05, 0) is 160 Å². The molecule has 3 aliphatic rings. The number of nitrogens with zero attached hydrogens (tertiary/aromatic N) is 9. The molecule has 5 N–H and O–H groups in total. The molecule has 1 unspecified atom stereocenters. The fourth-order valence-corrected chi connectivity index (χ4v) is 14.2. The number of hydrogen-bond donors (Lipinski definition) is 5. The van der Waals surface area contributed by atoms with Crippen molar-refractivity contribution in [2.24, 2.45) is 42.2 Å². The van der Waals surface area contributed by atoms with Crippen molar-refractivity contribution in [3.8, 4) is 45.3 Å². The number of carbonyl (C=O) groups is 3. The van der Waals surface area contributed by atoms with Crippen LogP contribution in [0.4, 0.5) is 0 Å². The smallest absolute Gasteiger partial charge is 0.219 e. The molecule has 0 bridgehead atoms. The van der Waals surface area contributed by atoms with Gasteiger partial charge in [0.15, 0.2) is 5.78 Å². The van der Waals surface area contributed by atoms with Crippen LogP contribution in [0.2, 0.25) is 0 Å². The van der Waals surface area contributed by atoms with Crippen molar-refractivity contribution in [2.45, 2.75) is 325 Å². The van der Waals surface area contributed by atoms with Crippen molar-refractivity contribution in [3.63, 3.8) is 0 Å². The molecule has 0 spiro atoms. The average Bonchev–Trinajstić information content (AvgIpc) is 1.67. The fraction of sp³-hybridized carbons (Fsp3) is 0.523. The minimum absolute atomic E-state index is 0.104. The number of imidazole rings is 6. The van der Waals surface area contributed by atoms with Gasteiger partial charge in [0.1, 0.15) is 29.1 Å². The number of allylic oxidation sites excluding steroid dienone is 4. The third kappa shape index (κ3) is 36.7. The average molecular weight is 1740 g/mol.